The van der Waals surface area contributed by atoms with E-state index in [2.05, 4.69) is 10.6 Å². The van der Waals surface area contributed by atoms with E-state index in [0.29, 0.717) is 27.4 Å². The minimum atomic E-state index is -0.397. The number of rotatable bonds is 3. The highest BCUT2D eigenvalue weighted by Gasteiger charge is 2.39. The molecule has 0 heterocycles. The summed E-state index contributed by atoms with van der Waals surface area (Å²) in [6.07, 6.45) is 5.17. The maximum atomic E-state index is 11.6. The monoisotopic (exact) mass is 338 g/mol. The van der Waals surface area contributed by atoms with E-state index < -0.39 is 5.97 Å². The summed E-state index contributed by atoms with van der Waals surface area (Å²) in [7, 11) is 1.35. The van der Waals surface area contributed by atoms with Crippen molar-refractivity contribution in [1.82, 2.24) is 5.32 Å². The minimum absolute atomic E-state index is 0.397. The number of thiocarbonyl (C=S) groups is 1. The van der Waals surface area contributed by atoms with E-state index in [1.54, 1.807) is 18.2 Å². The standard InChI is InChI=1S/C16H19ClN2O2S/c1-21-15(20)11-4-5-12(17)14(8-11)19-16(22)18-13-7-9-2-3-10(13)6-9/h4-5,8-10,13H,2-3,6-7H2,1H3,(H2,18,19,22)/t9-,10-,13-/m1/s1. The maximum absolute atomic E-state index is 11.6. The number of halogens is 1. The van der Waals surface area contributed by atoms with Crippen molar-refractivity contribution in [2.75, 3.05) is 12.4 Å². The molecule has 0 spiro atoms. The molecule has 1 aromatic carbocycles. The van der Waals surface area contributed by atoms with Crippen LogP contribution in [-0.4, -0.2) is 24.2 Å². The van der Waals surface area contributed by atoms with E-state index in [1.807, 2.05) is 0 Å². The van der Waals surface area contributed by atoms with E-state index in [4.69, 9.17) is 28.6 Å². The summed E-state index contributed by atoms with van der Waals surface area (Å²) in [5.74, 6) is 1.20. The predicted octanol–water partition coefficient (Wildman–Crippen LogP) is 3.60. The Kier molecular flexibility index (Phi) is 4.54. The first-order valence-electron chi connectivity index (χ1n) is 7.52. The number of anilines is 1. The smallest absolute Gasteiger partial charge is 0.337 e. The molecule has 2 bridgehead atoms. The number of nitrogens with one attached hydrogen (secondary N) is 2. The molecule has 3 atom stereocenters. The van der Waals surface area contributed by atoms with Gasteiger partial charge < -0.3 is 15.4 Å². The third-order valence-electron chi connectivity index (χ3n) is 4.69. The largest absolute Gasteiger partial charge is 0.465 e. The lowest BCUT2D eigenvalue weighted by atomic mass is 9.96. The number of hydrogen-bond acceptors (Lipinski definition) is 3. The summed E-state index contributed by atoms with van der Waals surface area (Å²) in [4.78, 5) is 11.6. The quantitative estimate of drug-likeness (QED) is 0.651. The van der Waals surface area contributed by atoms with Crippen LogP contribution in [0.4, 0.5) is 5.69 Å². The van der Waals surface area contributed by atoms with Gasteiger partial charge in [-0.1, -0.05) is 18.0 Å². The van der Waals surface area contributed by atoms with Crippen LogP contribution >= 0.6 is 23.8 Å². The molecule has 2 aliphatic rings. The van der Waals surface area contributed by atoms with E-state index >= 15 is 0 Å². The average Bonchev–Trinajstić information content (AvgIpc) is 3.11. The molecule has 1 aromatic rings. The van der Waals surface area contributed by atoms with Crippen LogP contribution in [0.1, 0.15) is 36.0 Å². The normalized spacial score (nSPS) is 25.8. The molecule has 118 valence electrons. The van der Waals surface area contributed by atoms with Crippen LogP contribution in [0.5, 0.6) is 0 Å². The van der Waals surface area contributed by atoms with Gasteiger partial charge in [0, 0.05) is 6.04 Å². The van der Waals surface area contributed by atoms with Gasteiger partial charge in [0.2, 0.25) is 0 Å². The topological polar surface area (TPSA) is 50.4 Å². The van der Waals surface area contributed by atoms with Gasteiger partial charge in [-0.2, -0.15) is 0 Å². The molecular weight excluding hydrogens is 320 g/mol. The Morgan fingerprint density at radius 1 is 1.36 bits per heavy atom. The van der Waals surface area contributed by atoms with Crippen molar-refractivity contribution in [3.8, 4) is 0 Å². The maximum Gasteiger partial charge on any atom is 0.337 e. The van der Waals surface area contributed by atoms with Crippen LogP contribution in [0.25, 0.3) is 0 Å². The predicted molar refractivity (Wildman–Crippen MR) is 91.4 cm³/mol. The Hall–Kier alpha value is -1.33. The lowest BCUT2D eigenvalue weighted by molar-refractivity contribution is 0.0601. The molecular formula is C16H19ClN2O2S. The zero-order chi connectivity index (χ0) is 15.7. The zero-order valence-electron chi connectivity index (χ0n) is 12.4. The molecule has 0 amide bonds. The summed E-state index contributed by atoms with van der Waals surface area (Å²) >= 11 is 11.6. The molecule has 2 aliphatic carbocycles. The van der Waals surface area contributed by atoms with Crippen LogP contribution in [0.2, 0.25) is 5.02 Å². The number of ether oxygens (including phenoxy) is 1. The van der Waals surface area contributed by atoms with Crippen LogP contribution < -0.4 is 10.6 Å². The summed E-state index contributed by atoms with van der Waals surface area (Å²) in [6, 6.07) is 5.41. The van der Waals surface area contributed by atoms with Gasteiger partial charge in [-0.3, -0.25) is 0 Å². The summed E-state index contributed by atoms with van der Waals surface area (Å²) in [6.45, 7) is 0. The Morgan fingerprint density at radius 3 is 2.82 bits per heavy atom. The number of methoxy groups -OCH3 is 1. The van der Waals surface area contributed by atoms with Crippen molar-refractivity contribution in [3.63, 3.8) is 0 Å². The second-order valence-electron chi connectivity index (χ2n) is 6.07. The fourth-order valence-corrected chi connectivity index (χ4v) is 4.04. The van der Waals surface area contributed by atoms with Crippen LogP contribution in [0.3, 0.4) is 0 Å². The third kappa shape index (κ3) is 3.20. The van der Waals surface area contributed by atoms with Crippen LogP contribution in [0, 0.1) is 11.8 Å². The molecule has 22 heavy (non-hydrogen) atoms. The van der Waals surface area contributed by atoms with Gasteiger partial charge in [0.25, 0.3) is 0 Å². The fraction of sp³-hybridized carbons (Fsp3) is 0.500. The van der Waals surface area contributed by atoms with Crippen LogP contribution in [0.15, 0.2) is 18.2 Å². The average molecular weight is 339 g/mol. The number of carbonyl (C=O) groups is 1. The summed E-state index contributed by atoms with van der Waals surface area (Å²) in [5, 5.41) is 7.57. The van der Waals surface area contributed by atoms with E-state index in [0.717, 1.165) is 11.8 Å². The van der Waals surface area contributed by atoms with Gasteiger partial charge in [-0.15, -0.1) is 0 Å². The lowest BCUT2D eigenvalue weighted by Crippen LogP contribution is -2.40. The van der Waals surface area contributed by atoms with E-state index in [9.17, 15) is 4.79 Å². The Balaban J connectivity index is 1.64. The SMILES string of the molecule is COC(=O)c1ccc(Cl)c(NC(=S)N[C@@H]2C[C@@H]3CC[C@@H]2C3)c1. The first-order valence-corrected chi connectivity index (χ1v) is 8.31. The highest BCUT2D eigenvalue weighted by atomic mass is 35.5. The van der Waals surface area contributed by atoms with Gasteiger partial charge in [0.1, 0.15) is 0 Å². The van der Waals surface area contributed by atoms with Crippen molar-refractivity contribution in [3.05, 3.63) is 28.8 Å². The number of esters is 1. The molecule has 0 unspecified atom stereocenters. The highest BCUT2D eigenvalue weighted by molar-refractivity contribution is 7.80. The molecule has 2 fully saturated rings. The van der Waals surface area contributed by atoms with Crippen molar-refractivity contribution >= 4 is 40.6 Å². The molecule has 0 aromatic heterocycles. The third-order valence-corrected chi connectivity index (χ3v) is 5.24. The molecule has 6 heteroatoms. The molecule has 2 N–H and O–H groups in total. The lowest BCUT2D eigenvalue weighted by Gasteiger charge is -2.24. The summed E-state index contributed by atoms with van der Waals surface area (Å²) in [5.41, 5.74) is 1.06. The second kappa shape index (κ2) is 6.42. The summed E-state index contributed by atoms with van der Waals surface area (Å²) < 4.78 is 4.72. The molecule has 2 saturated carbocycles. The van der Waals surface area contributed by atoms with Crippen molar-refractivity contribution < 1.29 is 9.53 Å². The van der Waals surface area contributed by atoms with Crippen molar-refractivity contribution in [1.29, 1.82) is 0 Å². The molecule has 3 rings (SSSR count). The number of hydrogen-bond donors (Lipinski definition) is 2. The van der Waals surface area contributed by atoms with Gasteiger partial charge >= 0.3 is 5.97 Å². The van der Waals surface area contributed by atoms with Crippen LogP contribution in [-0.2, 0) is 4.74 Å². The molecule has 0 saturated heterocycles. The van der Waals surface area contributed by atoms with Gasteiger partial charge in [-0.05, 0) is 61.5 Å². The zero-order valence-corrected chi connectivity index (χ0v) is 14.0. The van der Waals surface area contributed by atoms with Crippen molar-refractivity contribution in [2.45, 2.75) is 31.7 Å². The Morgan fingerprint density at radius 2 is 2.18 bits per heavy atom. The van der Waals surface area contributed by atoms with Gasteiger partial charge in [-0.25, -0.2) is 4.79 Å². The van der Waals surface area contributed by atoms with E-state index in [1.165, 1.54) is 32.8 Å². The first kappa shape index (κ1) is 15.6. The molecule has 0 aliphatic heterocycles. The molecule has 4 nitrogen and oxygen atoms in total. The number of carbonyl (C=O) groups excluding carboxylic acids is 1. The number of fused-ring (bicyclic) bond motifs is 2. The van der Waals surface area contributed by atoms with Gasteiger partial charge in [0.15, 0.2) is 5.11 Å². The minimum Gasteiger partial charge on any atom is -0.465 e. The number of benzene rings is 1. The second-order valence-corrected chi connectivity index (χ2v) is 6.88. The fourth-order valence-electron chi connectivity index (χ4n) is 3.61. The van der Waals surface area contributed by atoms with Gasteiger partial charge in [0.05, 0.1) is 23.4 Å². The molecule has 0 radical (unpaired) electrons. The Labute approximate surface area is 140 Å². The highest BCUT2D eigenvalue weighted by Crippen LogP contribution is 2.44. The van der Waals surface area contributed by atoms with E-state index in [-0.39, 0.29) is 0 Å². The Bertz CT molecular complexity index is 608. The first-order chi connectivity index (χ1) is 10.6. The van der Waals surface area contributed by atoms with Crippen molar-refractivity contribution in [2.24, 2.45) is 11.8 Å².